The van der Waals surface area contributed by atoms with E-state index in [0.717, 1.165) is 0 Å². The SMILES string of the molecule is O=C(COc1nc(-c2ccccc2Cl)no1)Nc1ccc(OC(F)F)c(Cl)c1. The molecule has 0 aliphatic rings. The fourth-order valence-electron chi connectivity index (χ4n) is 2.11. The number of benzene rings is 2. The molecule has 0 atom stereocenters. The number of rotatable bonds is 7. The maximum absolute atomic E-state index is 12.2. The zero-order chi connectivity index (χ0) is 20.1. The van der Waals surface area contributed by atoms with E-state index in [1.54, 1.807) is 24.3 Å². The van der Waals surface area contributed by atoms with Crippen LogP contribution in [0.15, 0.2) is 47.0 Å². The minimum atomic E-state index is -3.00. The highest BCUT2D eigenvalue weighted by Gasteiger charge is 2.14. The number of nitrogens with one attached hydrogen (secondary N) is 1. The molecule has 0 radical (unpaired) electrons. The fourth-order valence-corrected chi connectivity index (χ4v) is 2.56. The number of carbonyl (C=O) groups is 1. The van der Waals surface area contributed by atoms with Crippen molar-refractivity contribution >= 4 is 34.8 Å². The summed E-state index contributed by atoms with van der Waals surface area (Å²) in [6, 6.07) is 10.7. The molecule has 0 saturated carbocycles. The molecule has 11 heteroatoms. The largest absolute Gasteiger partial charge is 0.439 e. The molecule has 2 aromatic carbocycles. The first kappa shape index (κ1) is 19.8. The van der Waals surface area contributed by atoms with E-state index in [-0.39, 0.29) is 28.4 Å². The van der Waals surface area contributed by atoms with Crippen molar-refractivity contribution in [3.63, 3.8) is 0 Å². The second kappa shape index (κ2) is 8.85. The number of ether oxygens (including phenoxy) is 2. The molecule has 0 aliphatic carbocycles. The Balaban J connectivity index is 1.56. The van der Waals surface area contributed by atoms with Gasteiger partial charge in [0.15, 0.2) is 6.61 Å². The molecule has 7 nitrogen and oxygen atoms in total. The van der Waals surface area contributed by atoms with E-state index in [1.165, 1.54) is 18.2 Å². The van der Waals surface area contributed by atoms with Gasteiger partial charge in [-0.1, -0.05) is 40.5 Å². The zero-order valence-electron chi connectivity index (χ0n) is 13.9. The number of nitrogens with zero attached hydrogens (tertiary/aromatic N) is 2. The Morgan fingerprint density at radius 2 is 1.96 bits per heavy atom. The highest BCUT2D eigenvalue weighted by atomic mass is 35.5. The predicted octanol–water partition coefficient (Wildman–Crippen LogP) is 4.66. The summed E-state index contributed by atoms with van der Waals surface area (Å²) in [6.07, 6.45) is -0.219. The van der Waals surface area contributed by atoms with E-state index in [0.29, 0.717) is 10.6 Å². The molecule has 3 rings (SSSR count). The molecular formula is C17H11Cl2F2N3O4. The van der Waals surface area contributed by atoms with Crippen molar-refractivity contribution in [1.29, 1.82) is 0 Å². The molecule has 1 N–H and O–H groups in total. The number of carbonyl (C=O) groups excluding carboxylic acids is 1. The summed E-state index contributed by atoms with van der Waals surface area (Å²) in [5.74, 6) is -0.553. The molecule has 0 unspecified atom stereocenters. The van der Waals surface area contributed by atoms with Crippen molar-refractivity contribution in [3.05, 3.63) is 52.5 Å². The third-order valence-corrected chi connectivity index (χ3v) is 3.91. The van der Waals surface area contributed by atoms with Crippen LogP contribution < -0.4 is 14.8 Å². The zero-order valence-corrected chi connectivity index (χ0v) is 15.4. The van der Waals surface area contributed by atoms with Crippen molar-refractivity contribution in [2.75, 3.05) is 11.9 Å². The number of halogens is 4. The standard InChI is InChI=1S/C17H11Cl2F2N3O4/c18-11-4-2-1-3-10(11)15-23-17(28-24-15)26-8-14(25)22-9-5-6-13(12(19)7-9)27-16(20)21/h1-7,16H,8H2,(H,22,25). The topological polar surface area (TPSA) is 86.5 Å². The maximum atomic E-state index is 12.2. The van der Waals surface area contributed by atoms with Crippen molar-refractivity contribution in [2.24, 2.45) is 0 Å². The lowest BCUT2D eigenvalue weighted by Gasteiger charge is -2.09. The average molecular weight is 430 g/mol. The van der Waals surface area contributed by atoms with Crippen LogP contribution in [0.1, 0.15) is 0 Å². The van der Waals surface area contributed by atoms with Crippen LogP contribution in [-0.2, 0) is 4.79 Å². The molecule has 1 aromatic heterocycles. The van der Waals surface area contributed by atoms with Gasteiger partial charge in [0.1, 0.15) is 5.75 Å². The molecule has 3 aromatic rings. The van der Waals surface area contributed by atoms with Crippen LogP contribution in [0.3, 0.4) is 0 Å². The van der Waals surface area contributed by atoms with Gasteiger partial charge in [0.25, 0.3) is 5.91 Å². The number of hydrogen-bond donors (Lipinski definition) is 1. The first-order valence-corrected chi connectivity index (χ1v) is 8.43. The lowest BCUT2D eigenvalue weighted by Crippen LogP contribution is -2.20. The summed E-state index contributed by atoms with van der Waals surface area (Å²) in [5.41, 5.74) is 0.815. The maximum Gasteiger partial charge on any atom is 0.418 e. The molecule has 146 valence electrons. The molecule has 0 spiro atoms. The van der Waals surface area contributed by atoms with Crippen LogP contribution in [0.4, 0.5) is 14.5 Å². The lowest BCUT2D eigenvalue weighted by molar-refractivity contribution is -0.118. The number of amides is 1. The Bertz CT molecular complexity index is 985. The minimum Gasteiger partial charge on any atom is -0.439 e. The summed E-state index contributed by atoms with van der Waals surface area (Å²) in [7, 11) is 0. The predicted molar refractivity (Wildman–Crippen MR) is 97.0 cm³/mol. The molecule has 1 heterocycles. The van der Waals surface area contributed by atoms with Gasteiger partial charge in [-0.15, -0.1) is 0 Å². The van der Waals surface area contributed by atoms with Gasteiger partial charge in [-0.05, 0) is 30.3 Å². The molecule has 1 amide bonds. The van der Waals surface area contributed by atoms with Gasteiger partial charge in [-0.3, -0.25) is 9.32 Å². The van der Waals surface area contributed by atoms with E-state index in [9.17, 15) is 13.6 Å². The second-order valence-electron chi connectivity index (χ2n) is 5.22. The third kappa shape index (κ3) is 5.08. The van der Waals surface area contributed by atoms with E-state index in [1.807, 2.05) is 0 Å². The van der Waals surface area contributed by atoms with Crippen molar-refractivity contribution < 1.29 is 27.6 Å². The van der Waals surface area contributed by atoms with Crippen LogP contribution in [0.5, 0.6) is 11.8 Å². The molecule has 28 heavy (non-hydrogen) atoms. The van der Waals surface area contributed by atoms with Crippen molar-refractivity contribution in [3.8, 4) is 23.2 Å². The van der Waals surface area contributed by atoms with Crippen LogP contribution in [0.2, 0.25) is 10.0 Å². The molecular weight excluding hydrogens is 419 g/mol. The number of anilines is 1. The van der Waals surface area contributed by atoms with Gasteiger partial charge in [0.2, 0.25) is 5.82 Å². The van der Waals surface area contributed by atoms with Crippen LogP contribution >= 0.6 is 23.2 Å². The first-order chi connectivity index (χ1) is 13.4. The monoisotopic (exact) mass is 429 g/mol. The highest BCUT2D eigenvalue weighted by molar-refractivity contribution is 6.33. The van der Waals surface area contributed by atoms with Gasteiger partial charge in [0, 0.05) is 11.3 Å². The third-order valence-electron chi connectivity index (χ3n) is 3.28. The Kier molecular flexibility index (Phi) is 6.27. The highest BCUT2D eigenvalue weighted by Crippen LogP contribution is 2.29. The van der Waals surface area contributed by atoms with Crippen LogP contribution in [0.25, 0.3) is 11.4 Å². The van der Waals surface area contributed by atoms with E-state index in [4.69, 9.17) is 32.5 Å². The summed E-state index contributed by atoms with van der Waals surface area (Å²) >= 11 is 11.9. The molecule has 0 aliphatic heterocycles. The van der Waals surface area contributed by atoms with E-state index in [2.05, 4.69) is 20.2 Å². The Morgan fingerprint density at radius 3 is 2.68 bits per heavy atom. The minimum absolute atomic E-state index is 0.0831. The average Bonchev–Trinajstić information content (AvgIpc) is 3.11. The summed E-state index contributed by atoms with van der Waals surface area (Å²) in [4.78, 5) is 15.9. The number of aromatic nitrogens is 2. The number of hydrogen-bond acceptors (Lipinski definition) is 6. The van der Waals surface area contributed by atoms with Gasteiger partial charge in [-0.25, -0.2) is 0 Å². The van der Waals surface area contributed by atoms with Gasteiger partial charge in [0.05, 0.1) is 10.0 Å². The molecule has 0 bridgehead atoms. The van der Waals surface area contributed by atoms with Crippen molar-refractivity contribution in [1.82, 2.24) is 10.1 Å². The van der Waals surface area contributed by atoms with Gasteiger partial charge < -0.3 is 14.8 Å². The van der Waals surface area contributed by atoms with E-state index < -0.39 is 19.1 Å². The normalized spacial score (nSPS) is 10.8. The fraction of sp³-hybridized carbons (Fsp3) is 0.118. The summed E-state index contributed by atoms with van der Waals surface area (Å²) in [6.45, 7) is -3.44. The Hall–Kier alpha value is -2.91. The van der Waals surface area contributed by atoms with Gasteiger partial charge >= 0.3 is 12.7 Å². The first-order valence-electron chi connectivity index (χ1n) is 7.68. The quantitative estimate of drug-likeness (QED) is 0.587. The number of alkyl halides is 2. The second-order valence-corrected chi connectivity index (χ2v) is 6.04. The van der Waals surface area contributed by atoms with Crippen LogP contribution in [0, 0.1) is 0 Å². The molecule has 0 saturated heterocycles. The Morgan fingerprint density at radius 1 is 1.18 bits per heavy atom. The van der Waals surface area contributed by atoms with E-state index >= 15 is 0 Å². The van der Waals surface area contributed by atoms with Crippen molar-refractivity contribution in [2.45, 2.75) is 6.61 Å². The van der Waals surface area contributed by atoms with Crippen LogP contribution in [-0.4, -0.2) is 29.3 Å². The Labute approximate surface area is 167 Å². The summed E-state index contributed by atoms with van der Waals surface area (Å²) < 4.78 is 38.7. The summed E-state index contributed by atoms with van der Waals surface area (Å²) in [5, 5.41) is 6.56. The van der Waals surface area contributed by atoms with Gasteiger partial charge in [-0.2, -0.15) is 13.8 Å². The lowest BCUT2D eigenvalue weighted by atomic mass is 10.2. The smallest absolute Gasteiger partial charge is 0.418 e. The molecule has 0 fully saturated rings.